The molecule has 110 valence electrons. The van der Waals surface area contributed by atoms with Crippen LogP contribution >= 0.6 is 23.2 Å². The van der Waals surface area contributed by atoms with E-state index in [-0.39, 0.29) is 17.9 Å². The van der Waals surface area contributed by atoms with E-state index in [1.165, 1.54) is 6.92 Å². The lowest BCUT2D eigenvalue weighted by atomic mass is 10.0. The van der Waals surface area contributed by atoms with Gasteiger partial charge < -0.3 is 10.6 Å². The highest BCUT2D eigenvalue weighted by Crippen LogP contribution is 2.26. The molecule has 1 aromatic rings. The number of rotatable bonds is 4. The zero-order chi connectivity index (χ0) is 15.5. The van der Waals surface area contributed by atoms with E-state index in [1.807, 2.05) is 6.92 Å². The van der Waals surface area contributed by atoms with Crippen LogP contribution in [0.2, 0.25) is 10.0 Å². The average Bonchev–Trinajstić information content (AvgIpc) is 2.26. The fourth-order valence-electron chi connectivity index (χ4n) is 1.80. The largest absolute Gasteiger partial charge is 0.348 e. The first-order valence-corrected chi connectivity index (χ1v) is 6.93. The van der Waals surface area contributed by atoms with Crippen molar-refractivity contribution in [3.63, 3.8) is 0 Å². The average molecular weight is 317 g/mol. The van der Waals surface area contributed by atoms with Gasteiger partial charge in [0.1, 0.15) is 5.54 Å². The molecule has 2 N–H and O–H groups in total. The molecular formula is C14H18Cl2N2O2. The number of benzene rings is 1. The van der Waals surface area contributed by atoms with Crippen LogP contribution in [0.25, 0.3) is 0 Å². The van der Waals surface area contributed by atoms with Gasteiger partial charge in [-0.15, -0.1) is 0 Å². The van der Waals surface area contributed by atoms with Gasteiger partial charge in [0.25, 0.3) is 0 Å². The lowest BCUT2D eigenvalue weighted by Crippen LogP contribution is -2.54. The fourth-order valence-corrected chi connectivity index (χ4v) is 2.38. The fraction of sp³-hybridized carbons (Fsp3) is 0.429. The smallest absolute Gasteiger partial charge is 0.245 e. The Kier molecular flexibility index (Phi) is 5.42. The van der Waals surface area contributed by atoms with Gasteiger partial charge in [-0.25, -0.2) is 0 Å². The highest BCUT2D eigenvalue weighted by atomic mass is 35.5. The van der Waals surface area contributed by atoms with Gasteiger partial charge in [0.2, 0.25) is 11.8 Å². The van der Waals surface area contributed by atoms with Crippen molar-refractivity contribution in [1.29, 1.82) is 0 Å². The van der Waals surface area contributed by atoms with Gasteiger partial charge in [0.05, 0.1) is 6.04 Å². The molecule has 0 radical (unpaired) electrons. The summed E-state index contributed by atoms with van der Waals surface area (Å²) in [6.07, 6.45) is 0. The van der Waals surface area contributed by atoms with Crippen molar-refractivity contribution in [3.8, 4) is 0 Å². The SMILES string of the molecule is CC(=O)NC(C)(C)C(=O)N[C@H](C)c1ccc(Cl)cc1Cl. The molecule has 0 saturated heterocycles. The summed E-state index contributed by atoms with van der Waals surface area (Å²) in [4.78, 5) is 23.3. The first kappa shape index (κ1) is 16.8. The van der Waals surface area contributed by atoms with Gasteiger partial charge in [-0.1, -0.05) is 29.3 Å². The van der Waals surface area contributed by atoms with E-state index in [1.54, 1.807) is 32.0 Å². The van der Waals surface area contributed by atoms with E-state index in [0.717, 1.165) is 5.56 Å². The molecule has 4 nitrogen and oxygen atoms in total. The highest BCUT2D eigenvalue weighted by Gasteiger charge is 2.29. The molecule has 20 heavy (non-hydrogen) atoms. The second-order valence-electron chi connectivity index (χ2n) is 5.17. The van der Waals surface area contributed by atoms with Crippen LogP contribution in [-0.4, -0.2) is 17.4 Å². The van der Waals surface area contributed by atoms with Gasteiger partial charge in [-0.3, -0.25) is 9.59 Å². The summed E-state index contributed by atoms with van der Waals surface area (Å²) in [5, 5.41) is 6.44. The molecule has 1 atom stereocenters. The lowest BCUT2D eigenvalue weighted by molar-refractivity contribution is -0.132. The maximum absolute atomic E-state index is 12.2. The van der Waals surface area contributed by atoms with Crippen LogP contribution in [0, 0.1) is 0 Å². The second kappa shape index (κ2) is 6.46. The van der Waals surface area contributed by atoms with Crippen molar-refractivity contribution in [2.24, 2.45) is 0 Å². The molecule has 0 saturated carbocycles. The Bertz CT molecular complexity index is 530. The molecule has 6 heteroatoms. The Hall–Kier alpha value is -1.26. The van der Waals surface area contributed by atoms with E-state index in [0.29, 0.717) is 10.0 Å². The summed E-state index contributed by atoms with van der Waals surface area (Å²) >= 11 is 11.9. The molecule has 0 spiro atoms. The summed E-state index contributed by atoms with van der Waals surface area (Å²) in [6, 6.07) is 4.81. The summed E-state index contributed by atoms with van der Waals surface area (Å²) in [7, 11) is 0. The Morgan fingerprint density at radius 3 is 2.35 bits per heavy atom. The zero-order valence-electron chi connectivity index (χ0n) is 11.9. The van der Waals surface area contributed by atoms with Gasteiger partial charge >= 0.3 is 0 Å². The minimum absolute atomic E-state index is 0.262. The van der Waals surface area contributed by atoms with Crippen LogP contribution < -0.4 is 10.6 Å². The topological polar surface area (TPSA) is 58.2 Å². The predicted octanol–water partition coefficient (Wildman–Crippen LogP) is 3.09. The lowest BCUT2D eigenvalue weighted by Gasteiger charge is -2.27. The number of carbonyl (C=O) groups is 2. The number of carbonyl (C=O) groups excluding carboxylic acids is 2. The van der Waals surface area contributed by atoms with E-state index < -0.39 is 5.54 Å². The van der Waals surface area contributed by atoms with Crippen LogP contribution in [0.3, 0.4) is 0 Å². The number of hydrogen-bond acceptors (Lipinski definition) is 2. The van der Waals surface area contributed by atoms with Crippen molar-refractivity contribution in [2.75, 3.05) is 0 Å². The minimum Gasteiger partial charge on any atom is -0.348 e. The first-order chi connectivity index (χ1) is 9.13. The van der Waals surface area contributed by atoms with E-state index in [4.69, 9.17) is 23.2 Å². The van der Waals surface area contributed by atoms with Crippen LogP contribution in [0.15, 0.2) is 18.2 Å². The van der Waals surface area contributed by atoms with Crippen molar-refractivity contribution in [3.05, 3.63) is 33.8 Å². The van der Waals surface area contributed by atoms with E-state index >= 15 is 0 Å². The van der Waals surface area contributed by atoms with Crippen molar-refractivity contribution >= 4 is 35.0 Å². The van der Waals surface area contributed by atoms with Gasteiger partial charge in [-0.2, -0.15) is 0 Å². The van der Waals surface area contributed by atoms with E-state index in [9.17, 15) is 9.59 Å². The van der Waals surface area contributed by atoms with Gasteiger partial charge in [0.15, 0.2) is 0 Å². The maximum atomic E-state index is 12.2. The second-order valence-corrected chi connectivity index (χ2v) is 6.01. The molecule has 0 unspecified atom stereocenters. The third-order valence-corrected chi connectivity index (χ3v) is 3.40. The van der Waals surface area contributed by atoms with Crippen molar-refractivity contribution in [2.45, 2.75) is 39.3 Å². The normalized spacial score (nSPS) is 12.7. The van der Waals surface area contributed by atoms with Crippen molar-refractivity contribution in [1.82, 2.24) is 10.6 Å². The van der Waals surface area contributed by atoms with E-state index in [2.05, 4.69) is 10.6 Å². The maximum Gasteiger partial charge on any atom is 0.245 e. The van der Waals surface area contributed by atoms with Crippen LogP contribution in [0.5, 0.6) is 0 Å². The molecule has 2 amide bonds. The predicted molar refractivity (Wildman–Crippen MR) is 80.9 cm³/mol. The Labute approximate surface area is 128 Å². The molecule has 0 aliphatic rings. The molecule has 0 bridgehead atoms. The van der Waals surface area contributed by atoms with Crippen LogP contribution in [0.4, 0.5) is 0 Å². The highest BCUT2D eigenvalue weighted by molar-refractivity contribution is 6.35. The molecule has 0 aliphatic carbocycles. The quantitative estimate of drug-likeness (QED) is 0.896. The van der Waals surface area contributed by atoms with Crippen LogP contribution in [0.1, 0.15) is 39.3 Å². The van der Waals surface area contributed by atoms with Crippen molar-refractivity contribution < 1.29 is 9.59 Å². The minimum atomic E-state index is -0.987. The molecule has 0 heterocycles. The number of amides is 2. The Morgan fingerprint density at radius 1 is 1.25 bits per heavy atom. The first-order valence-electron chi connectivity index (χ1n) is 6.18. The molecule has 1 rings (SSSR count). The van der Waals surface area contributed by atoms with Crippen LogP contribution in [-0.2, 0) is 9.59 Å². The van der Waals surface area contributed by atoms with Gasteiger partial charge in [0, 0.05) is 17.0 Å². The monoisotopic (exact) mass is 316 g/mol. The summed E-state index contributed by atoms with van der Waals surface area (Å²) < 4.78 is 0. The summed E-state index contributed by atoms with van der Waals surface area (Å²) in [5.41, 5.74) is -0.220. The Balaban J connectivity index is 2.82. The zero-order valence-corrected chi connectivity index (χ0v) is 13.4. The summed E-state index contributed by atoms with van der Waals surface area (Å²) in [6.45, 7) is 6.46. The third-order valence-electron chi connectivity index (χ3n) is 2.83. The molecular weight excluding hydrogens is 299 g/mol. The number of nitrogens with one attached hydrogen (secondary N) is 2. The summed E-state index contributed by atoms with van der Waals surface area (Å²) in [5.74, 6) is -0.548. The standard InChI is InChI=1S/C14H18Cl2N2O2/c1-8(11-6-5-10(15)7-12(11)16)17-13(20)14(3,4)18-9(2)19/h5-8H,1-4H3,(H,17,20)(H,18,19)/t8-/m1/s1. The number of halogens is 2. The molecule has 0 aliphatic heterocycles. The molecule has 0 fully saturated rings. The Morgan fingerprint density at radius 2 is 1.85 bits per heavy atom. The molecule has 1 aromatic carbocycles. The van der Waals surface area contributed by atoms with Gasteiger partial charge in [-0.05, 0) is 38.5 Å². The third kappa shape index (κ3) is 4.39. The molecule has 0 aromatic heterocycles. The number of hydrogen-bond donors (Lipinski definition) is 2.